The highest BCUT2D eigenvalue weighted by Crippen LogP contribution is 2.15. The number of rotatable bonds is 4. The Morgan fingerprint density at radius 2 is 1.15 bits per heavy atom. The molecule has 140 valence electrons. The summed E-state index contributed by atoms with van der Waals surface area (Å²) in [6.07, 6.45) is 0. The first-order valence-corrected chi connectivity index (χ1v) is 10.3. The predicted molar refractivity (Wildman–Crippen MR) is 123 cm³/mol. The summed E-state index contributed by atoms with van der Waals surface area (Å²) in [5, 5.41) is 5.99. The number of amides is 1. The molecule has 0 radical (unpaired) electrons. The third kappa shape index (κ3) is 8.92. The molecule has 0 aromatic heterocycles. The standard InChI is InChI=1S/C10H12BrNO.C10H12BrNS/c2*1-7(2)10(13)12-9-5-3-8(11)4-6-9/h2*3-7H,1-2H3,(H,12,13). The number of anilines is 2. The molecule has 0 aliphatic carbocycles. The van der Waals surface area contributed by atoms with E-state index >= 15 is 0 Å². The normalized spacial score (nSPS) is 10.2. The molecule has 2 N–H and O–H groups in total. The van der Waals surface area contributed by atoms with E-state index < -0.39 is 0 Å². The van der Waals surface area contributed by atoms with E-state index in [-0.39, 0.29) is 11.8 Å². The van der Waals surface area contributed by atoms with Gasteiger partial charge in [-0.2, -0.15) is 0 Å². The highest BCUT2D eigenvalue weighted by Gasteiger charge is 2.06. The SMILES string of the molecule is CC(C)C(=O)Nc1ccc(Br)cc1.CC(C)C(=S)Nc1ccc(Br)cc1. The zero-order chi connectivity index (χ0) is 19.7. The lowest BCUT2D eigenvalue weighted by Crippen LogP contribution is -2.17. The molecular weight excluding hydrogens is 476 g/mol. The Bertz CT molecular complexity index is 650. The number of thiocarbonyl (C=S) groups is 1. The van der Waals surface area contributed by atoms with Crippen molar-refractivity contribution in [2.75, 3.05) is 10.6 Å². The van der Waals surface area contributed by atoms with Crippen LogP contribution in [0.3, 0.4) is 0 Å². The molecule has 0 unspecified atom stereocenters. The summed E-state index contributed by atoms with van der Waals surface area (Å²) in [5.74, 6) is 0.449. The number of hydrogen-bond donors (Lipinski definition) is 2. The third-order valence-electron chi connectivity index (χ3n) is 3.27. The van der Waals surface area contributed by atoms with E-state index in [4.69, 9.17) is 12.2 Å². The van der Waals surface area contributed by atoms with Crippen molar-refractivity contribution in [1.29, 1.82) is 0 Å². The molecule has 0 aliphatic rings. The van der Waals surface area contributed by atoms with E-state index in [1.807, 2.05) is 62.4 Å². The van der Waals surface area contributed by atoms with Crippen molar-refractivity contribution < 1.29 is 4.79 Å². The Morgan fingerprint density at radius 3 is 1.50 bits per heavy atom. The van der Waals surface area contributed by atoms with E-state index in [0.717, 1.165) is 25.3 Å². The molecule has 3 nitrogen and oxygen atoms in total. The first-order chi connectivity index (χ1) is 12.2. The molecule has 2 aromatic carbocycles. The van der Waals surface area contributed by atoms with Crippen LogP contribution < -0.4 is 10.6 Å². The van der Waals surface area contributed by atoms with Gasteiger partial charge in [0.05, 0.1) is 4.99 Å². The summed E-state index contributed by atoms with van der Waals surface area (Å²) in [6, 6.07) is 15.5. The van der Waals surface area contributed by atoms with Gasteiger partial charge in [-0.25, -0.2) is 0 Å². The molecule has 0 saturated carbocycles. The van der Waals surface area contributed by atoms with E-state index in [1.165, 1.54) is 0 Å². The van der Waals surface area contributed by atoms with Gasteiger partial charge in [0.15, 0.2) is 0 Å². The minimum Gasteiger partial charge on any atom is -0.350 e. The van der Waals surface area contributed by atoms with Crippen LogP contribution in [0.4, 0.5) is 11.4 Å². The Balaban J connectivity index is 0.000000260. The van der Waals surface area contributed by atoms with Crippen molar-refractivity contribution in [2.45, 2.75) is 27.7 Å². The Hall–Kier alpha value is -1.24. The zero-order valence-corrected chi connectivity index (χ0v) is 19.3. The fourth-order valence-electron chi connectivity index (χ4n) is 1.64. The van der Waals surface area contributed by atoms with Gasteiger partial charge in [0, 0.05) is 32.2 Å². The molecule has 2 rings (SSSR count). The topological polar surface area (TPSA) is 41.1 Å². The van der Waals surface area contributed by atoms with Crippen LogP contribution in [0.1, 0.15) is 27.7 Å². The van der Waals surface area contributed by atoms with Crippen molar-refractivity contribution in [2.24, 2.45) is 11.8 Å². The van der Waals surface area contributed by atoms with Crippen molar-refractivity contribution in [1.82, 2.24) is 0 Å². The maximum absolute atomic E-state index is 11.3. The quantitative estimate of drug-likeness (QED) is 0.450. The van der Waals surface area contributed by atoms with Crippen molar-refractivity contribution in [3.8, 4) is 0 Å². The Kier molecular flexibility index (Phi) is 10.1. The molecule has 0 atom stereocenters. The fraction of sp³-hybridized carbons (Fsp3) is 0.300. The molecule has 0 fully saturated rings. The number of nitrogens with one attached hydrogen (secondary N) is 2. The van der Waals surface area contributed by atoms with Gasteiger partial charge < -0.3 is 10.6 Å². The second-order valence-corrected chi connectivity index (χ2v) is 8.57. The van der Waals surface area contributed by atoms with E-state index in [0.29, 0.717) is 5.92 Å². The van der Waals surface area contributed by atoms with Gasteiger partial charge in [0.2, 0.25) is 5.91 Å². The minimum atomic E-state index is 0.0173. The van der Waals surface area contributed by atoms with Crippen molar-refractivity contribution in [3.05, 3.63) is 57.5 Å². The molecule has 1 amide bonds. The molecule has 26 heavy (non-hydrogen) atoms. The second-order valence-electron chi connectivity index (χ2n) is 6.30. The zero-order valence-electron chi connectivity index (χ0n) is 15.3. The molecule has 0 heterocycles. The summed E-state index contributed by atoms with van der Waals surface area (Å²) < 4.78 is 2.09. The lowest BCUT2D eigenvalue weighted by Gasteiger charge is -2.10. The largest absolute Gasteiger partial charge is 0.350 e. The number of carbonyl (C=O) groups excluding carboxylic acids is 1. The monoisotopic (exact) mass is 498 g/mol. The second kappa shape index (κ2) is 11.5. The molecular formula is C20H24Br2N2OS. The van der Waals surface area contributed by atoms with Crippen LogP contribution in [0.2, 0.25) is 0 Å². The van der Waals surface area contributed by atoms with E-state index in [1.54, 1.807) is 0 Å². The number of halogens is 2. The first-order valence-electron chi connectivity index (χ1n) is 8.32. The van der Waals surface area contributed by atoms with Crippen LogP contribution in [0.15, 0.2) is 57.5 Å². The van der Waals surface area contributed by atoms with Crippen LogP contribution in [-0.2, 0) is 4.79 Å². The molecule has 0 spiro atoms. The van der Waals surface area contributed by atoms with Crippen molar-refractivity contribution >= 4 is 66.3 Å². The van der Waals surface area contributed by atoms with Gasteiger partial charge in [-0.15, -0.1) is 0 Å². The van der Waals surface area contributed by atoms with Crippen LogP contribution in [0.5, 0.6) is 0 Å². The van der Waals surface area contributed by atoms with Gasteiger partial charge in [-0.05, 0) is 48.5 Å². The lowest BCUT2D eigenvalue weighted by molar-refractivity contribution is -0.118. The van der Waals surface area contributed by atoms with Crippen molar-refractivity contribution in [3.63, 3.8) is 0 Å². The number of hydrogen-bond acceptors (Lipinski definition) is 2. The van der Waals surface area contributed by atoms with E-state index in [9.17, 15) is 4.79 Å². The lowest BCUT2D eigenvalue weighted by atomic mass is 10.2. The molecule has 2 aromatic rings. The smallest absolute Gasteiger partial charge is 0.226 e. The fourth-order valence-corrected chi connectivity index (χ4v) is 2.29. The Morgan fingerprint density at radius 1 is 0.769 bits per heavy atom. The van der Waals surface area contributed by atoms with Gasteiger partial charge in [-0.3, -0.25) is 4.79 Å². The Labute approximate surface area is 178 Å². The van der Waals surface area contributed by atoms with Gasteiger partial charge >= 0.3 is 0 Å². The molecule has 0 bridgehead atoms. The predicted octanol–water partition coefficient (Wildman–Crippen LogP) is 6.89. The molecule has 0 aliphatic heterocycles. The maximum Gasteiger partial charge on any atom is 0.226 e. The average molecular weight is 500 g/mol. The number of benzene rings is 2. The summed E-state index contributed by atoms with van der Waals surface area (Å²) in [5.41, 5.74) is 1.88. The van der Waals surface area contributed by atoms with Crippen LogP contribution in [0, 0.1) is 11.8 Å². The van der Waals surface area contributed by atoms with Gasteiger partial charge in [-0.1, -0.05) is 71.8 Å². The summed E-state index contributed by atoms with van der Waals surface area (Å²) >= 11 is 11.9. The summed E-state index contributed by atoms with van der Waals surface area (Å²) in [6.45, 7) is 7.89. The van der Waals surface area contributed by atoms with Crippen LogP contribution >= 0.6 is 44.1 Å². The molecule has 6 heteroatoms. The average Bonchev–Trinajstić information content (AvgIpc) is 2.59. The van der Waals surface area contributed by atoms with Crippen LogP contribution in [0.25, 0.3) is 0 Å². The maximum atomic E-state index is 11.3. The van der Waals surface area contributed by atoms with Crippen LogP contribution in [-0.4, -0.2) is 10.9 Å². The van der Waals surface area contributed by atoms with Gasteiger partial charge in [0.1, 0.15) is 0 Å². The molecule has 0 saturated heterocycles. The van der Waals surface area contributed by atoms with Gasteiger partial charge in [0.25, 0.3) is 0 Å². The minimum absolute atomic E-state index is 0.0173. The summed E-state index contributed by atoms with van der Waals surface area (Å²) in [7, 11) is 0. The van der Waals surface area contributed by atoms with E-state index in [2.05, 4.69) is 56.3 Å². The summed E-state index contributed by atoms with van der Waals surface area (Å²) in [4.78, 5) is 12.2. The third-order valence-corrected chi connectivity index (χ3v) is 4.90. The highest BCUT2D eigenvalue weighted by atomic mass is 79.9. The highest BCUT2D eigenvalue weighted by molar-refractivity contribution is 9.10. The first kappa shape index (κ1) is 22.8. The number of carbonyl (C=O) groups is 1.